The van der Waals surface area contributed by atoms with Crippen molar-refractivity contribution in [3.8, 4) is 0 Å². The Labute approximate surface area is 159 Å². The van der Waals surface area contributed by atoms with Gasteiger partial charge in [0, 0.05) is 56.4 Å². The lowest BCUT2D eigenvalue weighted by atomic mass is 10.1. The molecule has 1 aliphatic heterocycles. The molecule has 0 aromatic carbocycles. The topological polar surface area (TPSA) is 65.4 Å². The number of aryl methyl sites for hydroxylation is 2. The van der Waals surface area contributed by atoms with Crippen LogP contribution in [0, 0.1) is 13.8 Å². The van der Waals surface area contributed by atoms with Gasteiger partial charge >= 0.3 is 0 Å². The Hall–Kier alpha value is -2.15. The molecule has 3 rings (SSSR count). The second-order valence-corrected chi connectivity index (χ2v) is 8.03. The van der Waals surface area contributed by atoms with Crippen molar-refractivity contribution in [2.75, 3.05) is 31.6 Å². The second-order valence-electron chi connectivity index (χ2n) is 6.71. The zero-order valence-electron chi connectivity index (χ0n) is 15.8. The Morgan fingerprint density at radius 1 is 1.23 bits per heavy atom. The molecule has 1 fully saturated rings. The van der Waals surface area contributed by atoms with E-state index in [4.69, 9.17) is 0 Å². The third kappa shape index (κ3) is 5.17. The summed E-state index contributed by atoms with van der Waals surface area (Å²) in [6, 6.07) is 4.69. The van der Waals surface area contributed by atoms with Gasteiger partial charge in [0.15, 0.2) is 5.96 Å². The van der Waals surface area contributed by atoms with Gasteiger partial charge in [0.25, 0.3) is 0 Å². The predicted octanol–water partition coefficient (Wildman–Crippen LogP) is 2.53. The number of hydrogen-bond donors (Lipinski definition) is 2. The van der Waals surface area contributed by atoms with Crippen molar-refractivity contribution in [2.45, 2.75) is 39.2 Å². The van der Waals surface area contributed by atoms with E-state index in [1.54, 1.807) is 11.3 Å². The number of thiazole rings is 1. The zero-order chi connectivity index (χ0) is 18.4. The number of nitrogens with zero attached hydrogens (tertiary/aromatic N) is 4. The number of anilines is 1. The van der Waals surface area contributed by atoms with E-state index in [0.29, 0.717) is 6.04 Å². The van der Waals surface area contributed by atoms with E-state index < -0.39 is 0 Å². The smallest absolute Gasteiger partial charge is 0.191 e. The number of pyridine rings is 1. The van der Waals surface area contributed by atoms with Crippen LogP contribution < -0.4 is 15.5 Å². The summed E-state index contributed by atoms with van der Waals surface area (Å²) in [6.07, 6.45) is 6.97. The zero-order valence-corrected chi connectivity index (χ0v) is 16.6. The average Bonchev–Trinajstić information content (AvgIpc) is 3.07. The molecule has 0 spiro atoms. The quantitative estimate of drug-likeness (QED) is 0.624. The second kappa shape index (κ2) is 8.98. The molecule has 7 heteroatoms. The average molecular weight is 373 g/mol. The van der Waals surface area contributed by atoms with E-state index in [0.717, 1.165) is 50.7 Å². The molecule has 0 aliphatic carbocycles. The van der Waals surface area contributed by atoms with Crippen molar-refractivity contribution in [3.63, 3.8) is 0 Å². The molecule has 0 radical (unpaired) electrons. The summed E-state index contributed by atoms with van der Waals surface area (Å²) in [7, 11) is 1.83. The molecule has 140 valence electrons. The Balaban J connectivity index is 1.41. The van der Waals surface area contributed by atoms with Gasteiger partial charge in [-0.3, -0.25) is 4.99 Å². The number of nitrogens with one attached hydrogen (secondary N) is 2. The fourth-order valence-corrected chi connectivity index (χ4v) is 3.88. The Kier molecular flexibility index (Phi) is 6.44. The summed E-state index contributed by atoms with van der Waals surface area (Å²) in [6.45, 7) is 7.04. The van der Waals surface area contributed by atoms with Gasteiger partial charge in [-0.05, 0) is 38.3 Å². The molecule has 2 N–H and O–H groups in total. The summed E-state index contributed by atoms with van der Waals surface area (Å²) in [5, 5.41) is 8.13. The van der Waals surface area contributed by atoms with Crippen LogP contribution in [0.4, 0.5) is 5.82 Å². The molecule has 6 nitrogen and oxygen atoms in total. The number of aliphatic imine (C=N–C) groups is 1. The van der Waals surface area contributed by atoms with Gasteiger partial charge in [0.2, 0.25) is 0 Å². The molecule has 0 bridgehead atoms. The van der Waals surface area contributed by atoms with Crippen LogP contribution in [0.15, 0.2) is 29.5 Å². The summed E-state index contributed by atoms with van der Waals surface area (Å²) >= 11 is 1.76. The van der Waals surface area contributed by atoms with Gasteiger partial charge in [-0.2, -0.15) is 0 Å². The molecular formula is C19H28N6S. The molecule has 0 saturated carbocycles. The van der Waals surface area contributed by atoms with Crippen LogP contribution in [0.25, 0.3) is 0 Å². The fourth-order valence-electron chi connectivity index (χ4n) is 3.09. The SMILES string of the molecule is CN=C(NCCc1ncc(C)s1)NC1CCN(c2ccc(C)cn2)CC1. The minimum atomic E-state index is 0.449. The molecule has 26 heavy (non-hydrogen) atoms. The van der Waals surface area contributed by atoms with Gasteiger partial charge in [0.1, 0.15) is 5.82 Å². The lowest BCUT2D eigenvalue weighted by molar-refractivity contribution is 0.459. The van der Waals surface area contributed by atoms with Gasteiger partial charge in [0.05, 0.1) is 5.01 Å². The number of aromatic nitrogens is 2. The highest BCUT2D eigenvalue weighted by atomic mass is 32.1. The van der Waals surface area contributed by atoms with Crippen molar-refractivity contribution in [1.82, 2.24) is 20.6 Å². The number of hydrogen-bond acceptors (Lipinski definition) is 5. The van der Waals surface area contributed by atoms with Crippen LogP contribution in [-0.4, -0.2) is 48.7 Å². The maximum atomic E-state index is 4.54. The molecule has 1 aliphatic rings. The molecule has 3 heterocycles. The monoisotopic (exact) mass is 372 g/mol. The third-order valence-corrected chi connectivity index (χ3v) is 5.55. The van der Waals surface area contributed by atoms with Crippen LogP contribution in [0.3, 0.4) is 0 Å². The van der Waals surface area contributed by atoms with Crippen molar-refractivity contribution in [1.29, 1.82) is 0 Å². The Morgan fingerprint density at radius 2 is 2.04 bits per heavy atom. The fraction of sp³-hybridized carbons (Fsp3) is 0.526. The molecule has 0 amide bonds. The number of rotatable bonds is 5. The van der Waals surface area contributed by atoms with E-state index in [1.165, 1.54) is 15.4 Å². The van der Waals surface area contributed by atoms with Crippen LogP contribution in [0.1, 0.15) is 28.3 Å². The Morgan fingerprint density at radius 3 is 2.65 bits per heavy atom. The summed E-state index contributed by atoms with van der Waals surface area (Å²) in [4.78, 5) is 16.9. The third-order valence-electron chi connectivity index (χ3n) is 4.58. The first-order valence-corrected chi connectivity index (χ1v) is 10.0. The minimum absolute atomic E-state index is 0.449. The maximum Gasteiger partial charge on any atom is 0.191 e. The molecule has 1 saturated heterocycles. The number of guanidine groups is 1. The van der Waals surface area contributed by atoms with Crippen molar-refractivity contribution in [2.24, 2.45) is 4.99 Å². The first-order valence-electron chi connectivity index (χ1n) is 9.20. The Bertz CT molecular complexity index is 716. The van der Waals surface area contributed by atoms with E-state index in [-0.39, 0.29) is 0 Å². The van der Waals surface area contributed by atoms with Crippen molar-refractivity contribution < 1.29 is 0 Å². The van der Waals surface area contributed by atoms with Crippen LogP contribution >= 0.6 is 11.3 Å². The molecular weight excluding hydrogens is 344 g/mol. The predicted molar refractivity (Wildman–Crippen MR) is 109 cm³/mol. The van der Waals surface area contributed by atoms with E-state index in [9.17, 15) is 0 Å². The van der Waals surface area contributed by atoms with E-state index in [2.05, 4.69) is 56.5 Å². The van der Waals surface area contributed by atoms with Gasteiger partial charge in [-0.1, -0.05) is 6.07 Å². The van der Waals surface area contributed by atoms with Crippen molar-refractivity contribution >= 4 is 23.1 Å². The summed E-state index contributed by atoms with van der Waals surface area (Å²) in [5.41, 5.74) is 1.20. The van der Waals surface area contributed by atoms with E-state index in [1.807, 2.05) is 19.4 Å². The lowest BCUT2D eigenvalue weighted by Crippen LogP contribution is -2.49. The van der Waals surface area contributed by atoms with Crippen LogP contribution in [0.5, 0.6) is 0 Å². The molecule has 0 unspecified atom stereocenters. The van der Waals surface area contributed by atoms with Gasteiger partial charge < -0.3 is 15.5 Å². The first kappa shape index (κ1) is 18.6. The lowest BCUT2D eigenvalue weighted by Gasteiger charge is -2.33. The van der Waals surface area contributed by atoms with Gasteiger partial charge in [-0.15, -0.1) is 11.3 Å². The highest BCUT2D eigenvalue weighted by Gasteiger charge is 2.20. The number of piperidine rings is 1. The highest BCUT2D eigenvalue weighted by molar-refractivity contribution is 7.11. The van der Waals surface area contributed by atoms with Crippen LogP contribution in [-0.2, 0) is 6.42 Å². The molecule has 2 aromatic rings. The standard InChI is InChI=1S/C19H28N6S/c1-14-4-5-17(22-12-14)25-10-7-16(8-11-25)24-19(20-3)21-9-6-18-23-13-15(2)26-18/h4-5,12-13,16H,6-11H2,1-3H3,(H2,20,21,24). The highest BCUT2D eigenvalue weighted by Crippen LogP contribution is 2.18. The molecule has 0 atom stereocenters. The maximum absolute atomic E-state index is 4.54. The summed E-state index contributed by atoms with van der Waals surface area (Å²) in [5.74, 6) is 1.96. The normalized spacial score (nSPS) is 16.0. The first-order chi connectivity index (χ1) is 12.6. The van der Waals surface area contributed by atoms with Gasteiger partial charge in [-0.25, -0.2) is 9.97 Å². The minimum Gasteiger partial charge on any atom is -0.356 e. The van der Waals surface area contributed by atoms with E-state index >= 15 is 0 Å². The van der Waals surface area contributed by atoms with Crippen molar-refractivity contribution in [3.05, 3.63) is 40.0 Å². The molecule has 2 aromatic heterocycles. The summed E-state index contributed by atoms with van der Waals surface area (Å²) < 4.78 is 0. The van der Waals surface area contributed by atoms with Crippen LogP contribution in [0.2, 0.25) is 0 Å². The largest absolute Gasteiger partial charge is 0.356 e.